The van der Waals surface area contributed by atoms with E-state index < -0.39 is 0 Å². The van der Waals surface area contributed by atoms with E-state index in [-0.39, 0.29) is 6.04 Å². The summed E-state index contributed by atoms with van der Waals surface area (Å²) in [5.41, 5.74) is 8.34. The second kappa shape index (κ2) is 6.22. The maximum atomic E-state index is 6.04. The van der Waals surface area contributed by atoms with Gasteiger partial charge in [-0.1, -0.05) is 25.1 Å². The number of rotatable bonds is 4. The fraction of sp³-hybridized carbons (Fsp3) is 0.250. The third-order valence-corrected chi connectivity index (χ3v) is 3.66. The van der Waals surface area contributed by atoms with Crippen LogP contribution in [-0.4, -0.2) is 0 Å². The van der Waals surface area contributed by atoms with Crippen LogP contribution in [0.4, 0.5) is 0 Å². The lowest BCUT2D eigenvalue weighted by molar-refractivity contribution is 0.478. The molecule has 100 valence electrons. The topological polar surface area (TPSA) is 35.2 Å². The minimum Gasteiger partial charge on any atom is -0.456 e. The molecular weight excluding hydrogens is 302 g/mol. The summed E-state index contributed by atoms with van der Waals surface area (Å²) in [6.45, 7) is 4.13. The number of benzene rings is 2. The van der Waals surface area contributed by atoms with E-state index in [0.29, 0.717) is 0 Å². The molecule has 0 aromatic heterocycles. The van der Waals surface area contributed by atoms with Crippen LogP contribution in [0.25, 0.3) is 0 Å². The molecular formula is C16H18BrNO. The molecule has 0 aliphatic carbocycles. The molecule has 3 heteroatoms. The summed E-state index contributed by atoms with van der Waals surface area (Å²) in [6.07, 6.45) is 0.914. The van der Waals surface area contributed by atoms with Gasteiger partial charge in [0.15, 0.2) is 0 Å². The third-order valence-electron chi connectivity index (χ3n) is 3.04. The first-order valence-electron chi connectivity index (χ1n) is 6.39. The number of hydrogen-bond donors (Lipinski definition) is 1. The fourth-order valence-corrected chi connectivity index (χ4v) is 2.43. The minimum absolute atomic E-state index is 0.0602. The molecule has 0 aliphatic rings. The number of halogens is 1. The average Bonchev–Trinajstić information content (AvgIpc) is 2.41. The monoisotopic (exact) mass is 319 g/mol. The van der Waals surface area contributed by atoms with Crippen LogP contribution >= 0.6 is 15.9 Å². The van der Waals surface area contributed by atoms with E-state index in [1.54, 1.807) is 0 Å². The molecule has 1 atom stereocenters. The van der Waals surface area contributed by atoms with Crippen LogP contribution in [0.1, 0.15) is 30.5 Å². The van der Waals surface area contributed by atoms with E-state index in [0.717, 1.165) is 28.0 Å². The Morgan fingerprint density at radius 1 is 1.21 bits per heavy atom. The Labute approximate surface area is 122 Å². The Bertz CT molecular complexity index is 568. The molecule has 2 rings (SSSR count). The predicted octanol–water partition coefficient (Wildman–Crippen LogP) is 4.96. The Morgan fingerprint density at radius 3 is 2.68 bits per heavy atom. The zero-order valence-corrected chi connectivity index (χ0v) is 12.8. The molecule has 0 amide bonds. The van der Waals surface area contributed by atoms with Crippen molar-refractivity contribution in [1.29, 1.82) is 0 Å². The summed E-state index contributed by atoms with van der Waals surface area (Å²) in [6, 6.07) is 14.0. The van der Waals surface area contributed by atoms with Crippen LogP contribution in [0, 0.1) is 6.92 Å². The van der Waals surface area contributed by atoms with Gasteiger partial charge >= 0.3 is 0 Å². The van der Waals surface area contributed by atoms with Crippen molar-refractivity contribution in [3.05, 3.63) is 58.1 Å². The van der Waals surface area contributed by atoms with Crippen molar-refractivity contribution in [1.82, 2.24) is 0 Å². The molecule has 2 aromatic carbocycles. The van der Waals surface area contributed by atoms with Crippen molar-refractivity contribution < 1.29 is 4.74 Å². The predicted molar refractivity (Wildman–Crippen MR) is 82.6 cm³/mol. The highest BCUT2D eigenvalue weighted by Crippen LogP contribution is 2.31. The van der Waals surface area contributed by atoms with Gasteiger partial charge in [-0.2, -0.15) is 0 Å². The second-order valence-corrected chi connectivity index (χ2v) is 5.48. The van der Waals surface area contributed by atoms with Gasteiger partial charge in [-0.15, -0.1) is 0 Å². The first-order chi connectivity index (χ1) is 9.10. The van der Waals surface area contributed by atoms with Crippen molar-refractivity contribution in [3.8, 4) is 11.5 Å². The Balaban J connectivity index is 2.23. The lowest BCUT2D eigenvalue weighted by Crippen LogP contribution is -2.08. The summed E-state index contributed by atoms with van der Waals surface area (Å²) in [7, 11) is 0. The smallest absolute Gasteiger partial charge is 0.141 e. The van der Waals surface area contributed by atoms with Gasteiger partial charge in [-0.3, -0.25) is 0 Å². The summed E-state index contributed by atoms with van der Waals surface area (Å²) < 4.78 is 6.85. The van der Waals surface area contributed by atoms with Crippen LogP contribution in [0.15, 0.2) is 46.9 Å². The van der Waals surface area contributed by atoms with E-state index in [2.05, 4.69) is 29.8 Å². The Kier molecular flexibility index (Phi) is 4.61. The van der Waals surface area contributed by atoms with E-state index >= 15 is 0 Å². The normalized spacial score (nSPS) is 12.2. The first kappa shape index (κ1) is 14.1. The zero-order chi connectivity index (χ0) is 13.8. The van der Waals surface area contributed by atoms with Gasteiger partial charge in [0.25, 0.3) is 0 Å². The summed E-state index contributed by atoms with van der Waals surface area (Å²) in [5, 5.41) is 0. The Hall–Kier alpha value is -1.32. The molecule has 19 heavy (non-hydrogen) atoms. The van der Waals surface area contributed by atoms with E-state index in [4.69, 9.17) is 10.5 Å². The largest absolute Gasteiger partial charge is 0.456 e. The SMILES string of the molecule is CCC(N)c1cccc(Oc2ccc(C)cc2Br)c1. The highest BCUT2D eigenvalue weighted by Gasteiger charge is 2.06. The summed E-state index contributed by atoms with van der Waals surface area (Å²) in [5.74, 6) is 1.62. The lowest BCUT2D eigenvalue weighted by atomic mass is 10.1. The lowest BCUT2D eigenvalue weighted by Gasteiger charge is -2.12. The molecule has 2 aromatic rings. The molecule has 0 aliphatic heterocycles. The standard InChI is InChI=1S/C16H18BrNO/c1-3-15(18)12-5-4-6-13(10-12)19-16-8-7-11(2)9-14(16)17/h4-10,15H,3,18H2,1-2H3. The van der Waals surface area contributed by atoms with Crippen LogP contribution in [0.2, 0.25) is 0 Å². The van der Waals surface area contributed by atoms with Crippen LogP contribution in [0.5, 0.6) is 11.5 Å². The molecule has 0 saturated heterocycles. The molecule has 0 heterocycles. The van der Waals surface area contributed by atoms with Crippen molar-refractivity contribution in [2.24, 2.45) is 5.73 Å². The molecule has 0 fully saturated rings. The molecule has 0 bridgehead atoms. The maximum Gasteiger partial charge on any atom is 0.141 e. The quantitative estimate of drug-likeness (QED) is 0.864. The highest BCUT2D eigenvalue weighted by atomic mass is 79.9. The highest BCUT2D eigenvalue weighted by molar-refractivity contribution is 9.10. The average molecular weight is 320 g/mol. The van der Waals surface area contributed by atoms with Gasteiger partial charge < -0.3 is 10.5 Å². The number of ether oxygens (including phenoxy) is 1. The molecule has 1 unspecified atom stereocenters. The van der Waals surface area contributed by atoms with Gasteiger partial charge in [-0.05, 0) is 64.7 Å². The van der Waals surface area contributed by atoms with Crippen molar-refractivity contribution in [2.75, 3.05) is 0 Å². The summed E-state index contributed by atoms with van der Waals surface area (Å²) in [4.78, 5) is 0. The van der Waals surface area contributed by atoms with Gasteiger partial charge in [0.2, 0.25) is 0 Å². The molecule has 0 radical (unpaired) electrons. The summed E-state index contributed by atoms with van der Waals surface area (Å²) >= 11 is 3.52. The molecule has 0 saturated carbocycles. The van der Waals surface area contributed by atoms with E-state index in [1.807, 2.05) is 42.5 Å². The molecule has 2 nitrogen and oxygen atoms in total. The van der Waals surface area contributed by atoms with E-state index in [9.17, 15) is 0 Å². The van der Waals surface area contributed by atoms with Gasteiger partial charge in [0.05, 0.1) is 4.47 Å². The van der Waals surface area contributed by atoms with Crippen molar-refractivity contribution in [3.63, 3.8) is 0 Å². The second-order valence-electron chi connectivity index (χ2n) is 4.62. The minimum atomic E-state index is 0.0602. The molecule has 0 spiro atoms. The Morgan fingerprint density at radius 2 is 2.00 bits per heavy atom. The van der Waals surface area contributed by atoms with Crippen molar-refractivity contribution >= 4 is 15.9 Å². The van der Waals surface area contributed by atoms with Gasteiger partial charge in [0.1, 0.15) is 11.5 Å². The maximum absolute atomic E-state index is 6.04. The fourth-order valence-electron chi connectivity index (χ4n) is 1.86. The number of nitrogens with two attached hydrogens (primary N) is 1. The van der Waals surface area contributed by atoms with Gasteiger partial charge in [0, 0.05) is 6.04 Å². The number of hydrogen-bond acceptors (Lipinski definition) is 2. The van der Waals surface area contributed by atoms with Crippen LogP contribution in [-0.2, 0) is 0 Å². The third kappa shape index (κ3) is 3.58. The number of aryl methyl sites for hydroxylation is 1. The van der Waals surface area contributed by atoms with Gasteiger partial charge in [-0.25, -0.2) is 0 Å². The first-order valence-corrected chi connectivity index (χ1v) is 7.19. The van der Waals surface area contributed by atoms with Crippen LogP contribution < -0.4 is 10.5 Å². The molecule has 2 N–H and O–H groups in total. The zero-order valence-electron chi connectivity index (χ0n) is 11.2. The van der Waals surface area contributed by atoms with Crippen LogP contribution in [0.3, 0.4) is 0 Å². The van der Waals surface area contributed by atoms with Crippen molar-refractivity contribution in [2.45, 2.75) is 26.3 Å². The van der Waals surface area contributed by atoms with E-state index in [1.165, 1.54) is 5.56 Å².